The minimum absolute atomic E-state index is 0.132. The largest absolute Gasteiger partial charge is 0.493 e. The normalized spacial score (nSPS) is 10.3. The van der Waals surface area contributed by atoms with Crippen molar-refractivity contribution in [3.8, 4) is 5.75 Å². The van der Waals surface area contributed by atoms with Crippen molar-refractivity contribution in [1.82, 2.24) is 4.90 Å². The summed E-state index contributed by atoms with van der Waals surface area (Å²) in [5.41, 5.74) is 6.51. The summed E-state index contributed by atoms with van der Waals surface area (Å²) in [6, 6.07) is 4.86. The lowest BCUT2D eigenvalue weighted by Crippen LogP contribution is -2.41. The first-order valence-corrected chi connectivity index (χ1v) is 6.81. The molecule has 0 spiro atoms. The Hall–Kier alpha value is -2.24. The zero-order chi connectivity index (χ0) is 16.0. The molecule has 116 valence electrons. The third-order valence-electron chi connectivity index (χ3n) is 2.98. The Kier molecular flexibility index (Phi) is 6.02. The lowest BCUT2D eigenvalue weighted by molar-refractivity contribution is -0.141. The average Bonchev–Trinajstić information content (AvgIpc) is 2.44. The fraction of sp³-hybridized carbons (Fsp3) is 0.467. The predicted octanol–water partition coefficient (Wildman–Crippen LogP) is 1.69. The second kappa shape index (κ2) is 7.52. The Balaban J connectivity index is 3.17. The highest BCUT2D eigenvalue weighted by Gasteiger charge is 2.26. The molecule has 21 heavy (non-hydrogen) atoms. The first kappa shape index (κ1) is 16.8. The zero-order valence-electron chi connectivity index (χ0n) is 12.9. The topological polar surface area (TPSA) is 81.9 Å². The van der Waals surface area contributed by atoms with Gasteiger partial charge in [0.15, 0.2) is 0 Å². The molecule has 1 aromatic carbocycles. The molecule has 0 radical (unpaired) electrons. The third kappa shape index (κ3) is 4.11. The van der Waals surface area contributed by atoms with E-state index in [0.29, 0.717) is 18.0 Å². The van der Waals surface area contributed by atoms with E-state index in [-0.39, 0.29) is 24.1 Å². The highest BCUT2D eigenvalue weighted by Crippen LogP contribution is 2.26. The molecule has 1 aromatic rings. The van der Waals surface area contributed by atoms with E-state index < -0.39 is 5.97 Å². The van der Waals surface area contributed by atoms with Crippen LogP contribution in [0.4, 0.5) is 5.69 Å². The number of rotatable bonds is 6. The van der Waals surface area contributed by atoms with Crippen LogP contribution in [0.25, 0.3) is 0 Å². The summed E-state index contributed by atoms with van der Waals surface area (Å²) in [5, 5.41) is 0. The van der Waals surface area contributed by atoms with Crippen molar-refractivity contribution in [2.45, 2.75) is 26.8 Å². The Morgan fingerprint density at radius 1 is 1.33 bits per heavy atom. The third-order valence-corrected chi connectivity index (χ3v) is 2.98. The summed E-state index contributed by atoms with van der Waals surface area (Å²) in [5.74, 6) is -0.417. The molecule has 0 heterocycles. The Morgan fingerprint density at radius 3 is 2.52 bits per heavy atom. The van der Waals surface area contributed by atoms with E-state index in [9.17, 15) is 9.59 Å². The highest BCUT2D eigenvalue weighted by atomic mass is 16.5. The summed E-state index contributed by atoms with van der Waals surface area (Å²) in [6.07, 6.45) is 0. The predicted molar refractivity (Wildman–Crippen MR) is 80.2 cm³/mol. The van der Waals surface area contributed by atoms with Crippen LogP contribution in [-0.4, -0.2) is 43.1 Å². The molecule has 0 atom stereocenters. The maximum absolute atomic E-state index is 12.7. The minimum atomic E-state index is -0.482. The molecule has 1 amide bonds. The number of methoxy groups -OCH3 is 1. The van der Waals surface area contributed by atoms with Crippen LogP contribution >= 0.6 is 0 Å². The molecule has 0 aliphatic rings. The molecule has 0 saturated heterocycles. The first-order valence-electron chi connectivity index (χ1n) is 6.81. The van der Waals surface area contributed by atoms with E-state index in [4.69, 9.17) is 10.5 Å². The van der Waals surface area contributed by atoms with Crippen molar-refractivity contribution < 1.29 is 19.1 Å². The quantitative estimate of drug-likeness (QED) is 0.638. The molecule has 0 aliphatic heterocycles. The van der Waals surface area contributed by atoms with Crippen LogP contribution in [-0.2, 0) is 9.53 Å². The number of nitrogens with two attached hydrogens (primary N) is 1. The van der Waals surface area contributed by atoms with Crippen molar-refractivity contribution in [2.75, 3.05) is 26.0 Å². The molecule has 6 heteroatoms. The van der Waals surface area contributed by atoms with E-state index in [0.717, 1.165) is 0 Å². The highest BCUT2D eigenvalue weighted by molar-refractivity contribution is 6.03. The number of hydrogen-bond acceptors (Lipinski definition) is 5. The van der Waals surface area contributed by atoms with Crippen LogP contribution in [0, 0.1) is 0 Å². The van der Waals surface area contributed by atoms with Crippen molar-refractivity contribution in [2.24, 2.45) is 0 Å². The van der Waals surface area contributed by atoms with E-state index in [2.05, 4.69) is 4.74 Å². The number of ether oxygens (including phenoxy) is 2. The maximum atomic E-state index is 12.7. The molecule has 0 aromatic heterocycles. The number of hydrogen-bond donors (Lipinski definition) is 1. The smallest absolute Gasteiger partial charge is 0.325 e. The molecule has 0 bridgehead atoms. The van der Waals surface area contributed by atoms with Crippen LogP contribution in [0.1, 0.15) is 31.1 Å². The fourth-order valence-electron chi connectivity index (χ4n) is 1.89. The van der Waals surface area contributed by atoms with Crippen LogP contribution in [0.3, 0.4) is 0 Å². The lowest BCUT2D eigenvalue weighted by Gasteiger charge is -2.26. The van der Waals surface area contributed by atoms with Gasteiger partial charge in [-0.3, -0.25) is 9.59 Å². The van der Waals surface area contributed by atoms with Gasteiger partial charge in [-0.05, 0) is 32.9 Å². The second-order valence-electron chi connectivity index (χ2n) is 4.76. The van der Waals surface area contributed by atoms with Gasteiger partial charge in [-0.25, -0.2) is 0 Å². The summed E-state index contributed by atoms with van der Waals surface area (Å²) < 4.78 is 10.1. The molecule has 0 saturated carbocycles. The fourth-order valence-corrected chi connectivity index (χ4v) is 1.89. The van der Waals surface area contributed by atoms with Gasteiger partial charge >= 0.3 is 5.97 Å². The van der Waals surface area contributed by atoms with Gasteiger partial charge in [0.05, 0.1) is 13.7 Å². The summed E-state index contributed by atoms with van der Waals surface area (Å²) >= 11 is 0. The van der Waals surface area contributed by atoms with Gasteiger partial charge in [0, 0.05) is 11.7 Å². The Bertz CT molecular complexity index is 514. The van der Waals surface area contributed by atoms with Gasteiger partial charge in [0.1, 0.15) is 17.9 Å². The van der Waals surface area contributed by atoms with Crippen molar-refractivity contribution in [3.63, 3.8) is 0 Å². The Labute approximate surface area is 124 Å². The van der Waals surface area contributed by atoms with Crippen molar-refractivity contribution >= 4 is 17.6 Å². The number of nitrogen functional groups attached to an aromatic ring is 1. The standard InChI is InChI=1S/C15H22N2O4/c1-5-21-12-8-6-7-11(16)14(12)15(19)17(10(2)3)9-13(18)20-4/h6-8,10H,5,9,16H2,1-4H3. The maximum Gasteiger partial charge on any atom is 0.325 e. The van der Waals surface area contributed by atoms with E-state index in [1.54, 1.807) is 18.2 Å². The minimum Gasteiger partial charge on any atom is -0.493 e. The monoisotopic (exact) mass is 294 g/mol. The summed E-state index contributed by atoms with van der Waals surface area (Å²) in [7, 11) is 1.29. The van der Waals surface area contributed by atoms with Gasteiger partial charge in [-0.2, -0.15) is 0 Å². The van der Waals surface area contributed by atoms with Crippen LogP contribution < -0.4 is 10.5 Å². The van der Waals surface area contributed by atoms with E-state index in [1.165, 1.54) is 12.0 Å². The zero-order valence-corrected chi connectivity index (χ0v) is 12.9. The Morgan fingerprint density at radius 2 is 2.00 bits per heavy atom. The van der Waals surface area contributed by atoms with E-state index >= 15 is 0 Å². The van der Waals surface area contributed by atoms with Gasteiger partial charge in [0.25, 0.3) is 5.91 Å². The van der Waals surface area contributed by atoms with Crippen LogP contribution in [0.2, 0.25) is 0 Å². The average molecular weight is 294 g/mol. The molecule has 0 unspecified atom stereocenters. The molecule has 6 nitrogen and oxygen atoms in total. The first-order chi connectivity index (χ1) is 9.92. The van der Waals surface area contributed by atoms with Crippen LogP contribution in [0.5, 0.6) is 5.75 Å². The van der Waals surface area contributed by atoms with Gasteiger partial charge < -0.3 is 20.1 Å². The number of carbonyl (C=O) groups is 2. The molecular formula is C15H22N2O4. The number of amides is 1. The number of nitrogens with zero attached hydrogens (tertiary/aromatic N) is 1. The molecule has 0 fully saturated rings. The van der Waals surface area contributed by atoms with Crippen molar-refractivity contribution in [1.29, 1.82) is 0 Å². The number of anilines is 1. The van der Waals surface area contributed by atoms with Crippen molar-refractivity contribution in [3.05, 3.63) is 23.8 Å². The lowest BCUT2D eigenvalue weighted by atomic mass is 10.1. The molecule has 2 N–H and O–H groups in total. The number of carbonyl (C=O) groups excluding carboxylic acids is 2. The second-order valence-corrected chi connectivity index (χ2v) is 4.76. The SMILES string of the molecule is CCOc1cccc(N)c1C(=O)N(CC(=O)OC)C(C)C. The summed E-state index contributed by atoms with van der Waals surface area (Å²) in [6.45, 7) is 5.75. The van der Waals surface area contributed by atoms with E-state index in [1.807, 2.05) is 20.8 Å². The molecule has 0 aliphatic carbocycles. The van der Waals surface area contributed by atoms with Gasteiger partial charge in [0.2, 0.25) is 0 Å². The summed E-state index contributed by atoms with van der Waals surface area (Å²) in [4.78, 5) is 25.6. The molecule has 1 rings (SSSR count). The van der Waals surface area contributed by atoms with Gasteiger partial charge in [-0.1, -0.05) is 6.07 Å². The number of benzene rings is 1. The molecular weight excluding hydrogens is 272 g/mol. The van der Waals surface area contributed by atoms with Crippen LogP contribution in [0.15, 0.2) is 18.2 Å². The van der Waals surface area contributed by atoms with Gasteiger partial charge in [-0.15, -0.1) is 0 Å². The number of esters is 1.